The molecular weight excluding hydrogens is 270 g/mol. The largest absolute Gasteiger partial charge is 0.508 e. The number of hydrogen-bond donors (Lipinski definition) is 3. The van der Waals surface area contributed by atoms with Crippen LogP contribution in [0.1, 0.15) is 18.1 Å². The van der Waals surface area contributed by atoms with Gasteiger partial charge in [-0.1, -0.05) is 12.1 Å². The molecule has 2 rings (SSSR count). The maximum atomic E-state index is 11.9. The summed E-state index contributed by atoms with van der Waals surface area (Å²) in [5, 5.41) is 26.4. The van der Waals surface area contributed by atoms with Crippen molar-refractivity contribution in [3.63, 3.8) is 0 Å². The van der Waals surface area contributed by atoms with Gasteiger partial charge < -0.3 is 15.5 Å². The first kappa shape index (κ1) is 15.1. The molecule has 0 aliphatic rings. The number of aromatic hydroxyl groups is 1. The molecule has 6 nitrogen and oxygen atoms in total. The van der Waals surface area contributed by atoms with Crippen LogP contribution in [0.3, 0.4) is 0 Å². The van der Waals surface area contributed by atoms with E-state index in [9.17, 15) is 15.0 Å². The molecule has 112 valence electrons. The minimum Gasteiger partial charge on any atom is -0.508 e. The fourth-order valence-electron chi connectivity index (χ4n) is 1.99. The zero-order chi connectivity index (χ0) is 15.5. The van der Waals surface area contributed by atoms with Crippen LogP contribution in [0.4, 0.5) is 0 Å². The van der Waals surface area contributed by atoms with Gasteiger partial charge >= 0.3 is 0 Å². The fraction of sp³-hybridized carbons (Fsp3) is 0.333. The smallest absolute Gasteiger partial charge is 0.224 e. The van der Waals surface area contributed by atoms with Gasteiger partial charge in [-0.15, -0.1) is 0 Å². The van der Waals surface area contributed by atoms with Crippen LogP contribution in [0, 0.1) is 0 Å². The summed E-state index contributed by atoms with van der Waals surface area (Å²) in [5.74, 6) is -0.0904. The lowest BCUT2D eigenvalue weighted by molar-refractivity contribution is -0.121. The molecule has 0 aliphatic carbocycles. The van der Waals surface area contributed by atoms with Gasteiger partial charge in [-0.2, -0.15) is 5.10 Å². The van der Waals surface area contributed by atoms with E-state index in [-0.39, 0.29) is 24.6 Å². The second kappa shape index (κ2) is 5.97. The first-order chi connectivity index (χ1) is 9.87. The number of amides is 1. The van der Waals surface area contributed by atoms with Crippen molar-refractivity contribution in [2.75, 3.05) is 6.54 Å². The third kappa shape index (κ3) is 4.06. The first-order valence-electron chi connectivity index (χ1n) is 6.63. The third-order valence-corrected chi connectivity index (χ3v) is 3.23. The molecule has 1 aromatic carbocycles. The molecule has 0 radical (unpaired) electrons. The Morgan fingerprint density at radius 1 is 1.48 bits per heavy atom. The monoisotopic (exact) mass is 289 g/mol. The Morgan fingerprint density at radius 2 is 2.24 bits per heavy atom. The van der Waals surface area contributed by atoms with Gasteiger partial charge in [0.15, 0.2) is 0 Å². The Kier molecular flexibility index (Phi) is 4.28. The minimum absolute atomic E-state index is 0.0936. The molecule has 3 N–H and O–H groups in total. The van der Waals surface area contributed by atoms with Gasteiger partial charge in [0.2, 0.25) is 5.91 Å². The SMILES string of the molecule is Cn1cc(C(C)(O)CNC(=O)Cc2cccc(O)c2)cn1. The second-order valence-corrected chi connectivity index (χ2v) is 5.30. The average molecular weight is 289 g/mol. The molecule has 0 spiro atoms. The van der Waals surface area contributed by atoms with E-state index in [0.29, 0.717) is 11.1 Å². The van der Waals surface area contributed by atoms with Crippen molar-refractivity contribution in [3.05, 3.63) is 47.8 Å². The molecule has 1 aromatic heterocycles. The van der Waals surface area contributed by atoms with Gasteiger partial charge in [0.1, 0.15) is 11.4 Å². The molecule has 2 aromatic rings. The van der Waals surface area contributed by atoms with Crippen LogP contribution in [0.25, 0.3) is 0 Å². The lowest BCUT2D eigenvalue weighted by atomic mass is 9.99. The molecular formula is C15H19N3O3. The number of nitrogens with zero attached hydrogens (tertiary/aromatic N) is 2. The normalized spacial score (nSPS) is 13.7. The number of aryl methyl sites for hydroxylation is 1. The van der Waals surface area contributed by atoms with Crippen molar-refractivity contribution in [2.45, 2.75) is 18.9 Å². The number of aromatic nitrogens is 2. The molecule has 1 amide bonds. The second-order valence-electron chi connectivity index (χ2n) is 5.30. The van der Waals surface area contributed by atoms with Crippen LogP contribution in [0.5, 0.6) is 5.75 Å². The van der Waals surface area contributed by atoms with Gasteiger partial charge in [0.05, 0.1) is 19.2 Å². The number of phenols is 1. The van der Waals surface area contributed by atoms with E-state index in [1.807, 2.05) is 0 Å². The lowest BCUT2D eigenvalue weighted by Gasteiger charge is -2.22. The van der Waals surface area contributed by atoms with Crippen molar-refractivity contribution in [1.82, 2.24) is 15.1 Å². The third-order valence-electron chi connectivity index (χ3n) is 3.23. The minimum atomic E-state index is -1.18. The zero-order valence-electron chi connectivity index (χ0n) is 12.1. The van der Waals surface area contributed by atoms with Gasteiger partial charge in [0.25, 0.3) is 0 Å². The highest BCUT2D eigenvalue weighted by molar-refractivity contribution is 5.78. The molecule has 1 unspecified atom stereocenters. The number of hydrogen-bond acceptors (Lipinski definition) is 4. The van der Waals surface area contributed by atoms with E-state index in [1.54, 1.807) is 55.3 Å². The molecule has 1 heterocycles. The Labute approximate surface area is 123 Å². The van der Waals surface area contributed by atoms with Gasteiger partial charge in [-0.25, -0.2) is 0 Å². The van der Waals surface area contributed by atoms with Gasteiger partial charge in [0, 0.05) is 18.8 Å². The number of nitrogens with one attached hydrogen (secondary N) is 1. The van der Waals surface area contributed by atoms with Crippen molar-refractivity contribution in [1.29, 1.82) is 0 Å². The molecule has 21 heavy (non-hydrogen) atoms. The number of phenolic OH excluding ortho intramolecular Hbond substituents is 1. The topological polar surface area (TPSA) is 87.4 Å². The summed E-state index contributed by atoms with van der Waals surface area (Å²) >= 11 is 0. The summed E-state index contributed by atoms with van der Waals surface area (Å²) in [6.45, 7) is 1.72. The number of rotatable bonds is 5. The van der Waals surface area contributed by atoms with E-state index < -0.39 is 5.60 Å². The van der Waals surface area contributed by atoms with E-state index >= 15 is 0 Å². The molecule has 0 bridgehead atoms. The maximum Gasteiger partial charge on any atom is 0.224 e. The highest BCUT2D eigenvalue weighted by Crippen LogP contribution is 2.18. The van der Waals surface area contributed by atoms with Crippen LogP contribution in [-0.4, -0.2) is 32.4 Å². The van der Waals surface area contributed by atoms with Crippen molar-refractivity contribution in [3.8, 4) is 5.75 Å². The van der Waals surface area contributed by atoms with Crippen LogP contribution < -0.4 is 5.32 Å². The Hall–Kier alpha value is -2.34. The number of carbonyl (C=O) groups excluding carboxylic acids is 1. The molecule has 0 saturated heterocycles. The maximum absolute atomic E-state index is 11.9. The summed E-state index contributed by atoms with van der Waals surface area (Å²) < 4.78 is 1.60. The number of aliphatic hydroxyl groups is 1. The Morgan fingerprint density at radius 3 is 2.86 bits per heavy atom. The lowest BCUT2D eigenvalue weighted by Crippen LogP contribution is -2.39. The van der Waals surface area contributed by atoms with E-state index in [2.05, 4.69) is 10.4 Å². The molecule has 1 atom stereocenters. The van der Waals surface area contributed by atoms with E-state index in [0.717, 1.165) is 0 Å². The number of carbonyl (C=O) groups is 1. The zero-order valence-corrected chi connectivity index (χ0v) is 12.1. The van der Waals surface area contributed by atoms with Crippen LogP contribution in [-0.2, 0) is 23.9 Å². The predicted octanol–water partition coefficient (Wildman–Crippen LogP) is 0.692. The summed E-state index contributed by atoms with van der Waals surface area (Å²) in [6.07, 6.45) is 3.43. The molecule has 0 fully saturated rings. The van der Waals surface area contributed by atoms with Crippen molar-refractivity contribution >= 4 is 5.91 Å². The van der Waals surface area contributed by atoms with E-state index in [1.165, 1.54) is 0 Å². The highest BCUT2D eigenvalue weighted by Gasteiger charge is 2.25. The molecule has 0 aliphatic heterocycles. The quantitative estimate of drug-likeness (QED) is 0.756. The summed E-state index contributed by atoms with van der Waals surface area (Å²) in [5.41, 5.74) is 0.180. The van der Waals surface area contributed by atoms with Crippen LogP contribution in [0.2, 0.25) is 0 Å². The van der Waals surface area contributed by atoms with Gasteiger partial charge in [-0.05, 0) is 24.6 Å². The van der Waals surface area contributed by atoms with Gasteiger partial charge in [-0.3, -0.25) is 9.48 Å². The van der Waals surface area contributed by atoms with Crippen molar-refractivity contribution < 1.29 is 15.0 Å². The standard InChI is InChI=1S/C15H19N3O3/c1-15(21,12-8-17-18(2)9-12)10-16-14(20)7-11-4-3-5-13(19)6-11/h3-6,8-9,19,21H,7,10H2,1-2H3,(H,16,20). The van der Waals surface area contributed by atoms with Crippen LogP contribution >= 0.6 is 0 Å². The van der Waals surface area contributed by atoms with Crippen LogP contribution in [0.15, 0.2) is 36.7 Å². The molecule has 6 heteroatoms. The summed E-state index contributed by atoms with van der Waals surface area (Å²) in [7, 11) is 1.76. The average Bonchev–Trinajstić information content (AvgIpc) is 2.84. The predicted molar refractivity (Wildman–Crippen MR) is 77.6 cm³/mol. The molecule has 0 saturated carbocycles. The number of benzene rings is 1. The first-order valence-corrected chi connectivity index (χ1v) is 6.63. The highest BCUT2D eigenvalue weighted by atomic mass is 16.3. The van der Waals surface area contributed by atoms with E-state index in [4.69, 9.17) is 0 Å². The summed E-state index contributed by atoms with van der Waals surface area (Å²) in [6, 6.07) is 6.54. The Balaban J connectivity index is 1.91. The fourth-order valence-corrected chi connectivity index (χ4v) is 1.99. The van der Waals surface area contributed by atoms with Crippen molar-refractivity contribution in [2.24, 2.45) is 7.05 Å². The Bertz CT molecular complexity index is 635. The summed E-state index contributed by atoms with van der Waals surface area (Å²) in [4.78, 5) is 11.9.